The lowest BCUT2D eigenvalue weighted by atomic mass is 10.1. The lowest BCUT2D eigenvalue weighted by Gasteiger charge is -2.28. The minimum atomic E-state index is -0.00870. The summed E-state index contributed by atoms with van der Waals surface area (Å²) in [6.07, 6.45) is 3.53. The Morgan fingerprint density at radius 1 is 1.44 bits per heavy atom. The lowest BCUT2D eigenvalue weighted by Crippen LogP contribution is -2.41. The topological polar surface area (TPSA) is 42.3 Å². The van der Waals surface area contributed by atoms with Gasteiger partial charge in [0.25, 0.3) is 0 Å². The van der Waals surface area contributed by atoms with E-state index in [2.05, 4.69) is 49.1 Å². The highest BCUT2D eigenvalue weighted by atomic mass is 15.2. The Morgan fingerprint density at radius 2 is 2.17 bits per heavy atom. The number of likely N-dealkylation sites (N-methyl/N-ethyl adjacent to an activating group) is 1. The third-order valence-electron chi connectivity index (χ3n) is 3.47. The lowest BCUT2D eigenvalue weighted by molar-refractivity contribution is 0.202. The van der Waals surface area contributed by atoms with Crippen molar-refractivity contribution in [2.24, 2.45) is 0 Å². The third kappa shape index (κ3) is 5.34. The van der Waals surface area contributed by atoms with Crippen LogP contribution >= 0.6 is 0 Å². The monoisotopic (exact) mass is 252 g/mol. The van der Waals surface area contributed by atoms with E-state index in [4.69, 9.17) is 5.26 Å². The van der Waals surface area contributed by atoms with E-state index in [9.17, 15) is 0 Å². The van der Waals surface area contributed by atoms with E-state index in [-0.39, 0.29) is 6.04 Å². The molecule has 0 aromatic heterocycles. The number of hydrogen-bond acceptors (Lipinski definition) is 4. The van der Waals surface area contributed by atoms with Crippen molar-refractivity contribution < 1.29 is 0 Å². The van der Waals surface area contributed by atoms with Gasteiger partial charge in [-0.15, -0.1) is 0 Å². The van der Waals surface area contributed by atoms with Crippen molar-refractivity contribution in [3.8, 4) is 6.07 Å². The second-order valence-electron chi connectivity index (χ2n) is 5.89. The summed E-state index contributed by atoms with van der Waals surface area (Å²) in [5.41, 5.74) is 0. The first kappa shape index (κ1) is 15.4. The molecule has 1 aliphatic heterocycles. The molecule has 18 heavy (non-hydrogen) atoms. The maximum atomic E-state index is 9.12. The van der Waals surface area contributed by atoms with Gasteiger partial charge < -0.3 is 4.90 Å². The molecule has 0 amide bonds. The second kappa shape index (κ2) is 7.73. The zero-order chi connectivity index (χ0) is 13.5. The van der Waals surface area contributed by atoms with Crippen molar-refractivity contribution in [3.63, 3.8) is 0 Å². The smallest absolute Gasteiger partial charge is 0.0967 e. The van der Waals surface area contributed by atoms with Crippen LogP contribution in [0.4, 0.5) is 0 Å². The molecule has 4 nitrogen and oxygen atoms in total. The van der Waals surface area contributed by atoms with Crippen LogP contribution in [-0.2, 0) is 0 Å². The van der Waals surface area contributed by atoms with Crippen LogP contribution in [0.1, 0.15) is 33.1 Å². The van der Waals surface area contributed by atoms with Crippen LogP contribution in [0.5, 0.6) is 0 Å². The maximum Gasteiger partial charge on any atom is 0.0967 e. The van der Waals surface area contributed by atoms with Gasteiger partial charge in [0, 0.05) is 25.2 Å². The fraction of sp³-hybridized carbons (Fsp3) is 0.929. The number of nitrogens with one attached hydrogen (secondary N) is 1. The van der Waals surface area contributed by atoms with Crippen molar-refractivity contribution in [3.05, 3.63) is 0 Å². The third-order valence-corrected chi connectivity index (χ3v) is 3.47. The van der Waals surface area contributed by atoms with E-state index in [0.29, 0.717) is 12.1 Å². The maximum absolute atomic E-state index is 9.12. The van der Waals surface area contributed by atoms with Crippen molar-refractivity contribution in [2.75, 3.05) is 33.7 Å². The summed E-state index contributed by atoms with van der Waals surface area (Å²) in [5, 5.41) is 12.4. The molecule has 0 saturated carbocycles. The molecule has 1 N–H and O–H groups in total. The number of likely N-dealkylation sites (tertiary alicyclic amines) is 1. The van der Waals surface area contributed by atoms with Gasteiger partial charge in [-0.2, -0.15) is 5.26 Å². The summed E-state index contributed by atoms with van der Waals surface area (Å²) in [6.45, 7) is 7.55. The Hall–Kier alpha value is -0.630. The van der Waals surface area contributed by atoms with Gasteiger partial charge in [-0.1, -0.05) is 0 Å². The average Bonchev–Trinajstić information content (AvgIpc) is 2.70. The first-order valence-corrected chi connectivity index (χ1v) is 7.07. The zero-order valence-corrected chi connectivity index (χ0v) is 12.3. The molecule has 0 spiro atoms. The summed E-state index contributed by atoms with van der Waals surface area (Å²) < 4.78 is 0. The van der Waals surface area contributed by atoms with Crippen molar-refractivity contribution >= 4 is 0 Å². The molecule has 0 aliphatic carbocycles. The van der Waals surface area contributed by atoms with Gasteiger partial charge in [0.2, 0.25) is 0 Å². The zero-order valence-electron chi connectivity index (χ0n) is 12.3. The van der Waals surface area contributed by atoms with Gasteiger partial charge in [0.1, 0.15) is 0 Å². The number of nitriles is 1. The van der Waals surface area contributed by atoms with Gasteiger partial charge in [-0.05, 0) is 53.8 Å². The van der Waals surface area contributed by atoms with Crippen LogP contribution in [0.15, 0.2) is 0 Å². The highest BCUT2D eigenvalue weighted by Gasteiger charge is 2.25. The van der Waals surface area contributed by atoms with Crippen LogP contribution in [0.3, 0.4) is 0 Å². The van der Waals surface area contributed by atoms with Gasteiger partial charge in [-0.25, -0.2) is 0 Å². The summed E-state index contributed by atoms with van der Waals surface area (Å²) in [7, 11) is 4.27. The summed E-state index contributed by atoms with van der Waals surface area (Å²) >= 11 is 0. The molecule has 104 valence electrons. The fourth-order valence-electron chi connectivity index (χ4n) is 2.70. The van der Waals surface area contributed by atoms with E-state index in [1.807, 2.05) is 0 Å². The Kier molecular flexibility index (Phi) is 6.62. The van der Waals surface area contributed by atoms with E-state index in [0.717, 1.165) is 19.5 Å². The second-order valence-corrected chi connectivity index (χ2v) is 5.89. The summed E-state index contributed by atoms with van der Waals surface area (Å²) in [6, 6.07) is 3.42. The molecule has 4 heteroatoms. The molecular formula is C14H28N4. The number of hydrogen-bond donors (Lipinski definition) is 1. The number of rotatable bonds is 7. The predicted octanol–water partition coefficient (Wildman–Crippen LogP) is 1.29. The van der Waals surface area contributed by atoms with Gasteiger partial charge in [0.05, 0.1) is 12.1 Å². The first-order chi connectivity index (χ1) is 8.52. The molecular weight excluding hydrogens is 224 g/mol. The first-order valence-electron chi connectivity index (χ1n) is 7.07. The van der Waals surface area contributed by atoms with Crippen molar-refractivity contribution in [1.29, 1.82) is 5.26 Å². The minimum absolute atomic E-state index is 0.00870. The van der Waals surface area contributed by atoms with Crippen LogP contribution in [0, 0.1) is 11.3 Å². The molecule has 1 rings (SSSR count). The molecule has 0 radical (unpaired) electrons. The van der Waals surface area contributed by atoms with Gasteiger partial charge >= 0.3 is 0 Å². The van der Waals surface area contributed by atoms with Crippen molar-refractivity contribution in [2.45, 2.75) is 51.2 Å². The van der Waals surface area contributed by atoms with E-state index in [1.165, 1.54) is 19.4 Å². The van der Waals surface area contributed by atoms with Gasteiger partial charge in [0.15, 0.2) is 0 Å². The predicted molar refractivity (Wildman–Crippen MR) is 75.4 cm³/mol. The van der Waals surface area contributed by atoms with Crippen LogP contribution < -0.4 is 5.32 Å². The molecule has 1 aliphatic rings. The van der Waals surface area contributed by atoms with Crippen LogP contribution in [0.2, 0.25) is 0 Å². The molecule has 2 unspecified atom stereocenters. The summed E-state index contributed by atoms with van der Waals surface area (Å²) in [4.78, 5) is 4.81. The minimum Gasteiger partial charge on any atom is -0.308 e. The van der Waals surface area contributed by atoms with Crippen molar-refractivity contribution in [1.82, 2.24) is 15.1 Å². The SMILES string of the molecule is CC(C)NC(C#N)CCN1CCCC1CN(C)C. The highest BCUT2D eigenvalue weighted by molar-refractivity contribution is 4.92. The Labute approximate surface area is 112 Å². The Balaban J connectivity index is 2.34. The molecule has 2 atom stereocenters. The van der Waals surface area contributed by atoms with E-state index < -0.39 is 0 Å². The Morgan fingerprint density at radius 3 is 2.72 bits per heavy atom. The molecule has 1 fully saturated rings. The van der Waals surface area contributed by atoms with Crippen LogP contribution in [-0.4, -0.2) is 61.7 Å². The average molecular weight is 252 g/mol. The molecule has 1 saturated heterocycles. The van der Waals surface area contributed by atoms with Gasteiger partial charge in [-0.3, -0.25) is 10.2 Å². The molecule has 1 heterocycles. The standard InChI is InChI=1S/C14H28N4/c1-12(2)16-13(10-15)7-9-18-8-5-6-14(18)11-17(3)4/h12-14,16H,5-9,11H2,1-4H3. The molecule has 0 aromatic rings. The fourth-order valence-corrected chi connectivity index (χ4v) is 2.70. The largest absolute Gasteiger partial charge is 0.308 e. The summed E-state index contributed by atoms with van der Waals surface area (Å²) in [5.74, 6) is 0. The molecule has 0 bridgehead atoms. The molecule has 0 aromatic carbocycles. The van der Waals surface area contributed by atoms with Crippen LogP contribution in [0.25, 0.3) is 0 Å². The Bertz CT molecular complexity index is 269. The van der Waals surface area contributed by atoms with E-state index >= 15 is 0 Å². The van der Waals surface area contributed by atoms with E-state index in [1.54, 1.807) is 0 Å². The number of nitrogens with zero attached hydrogens (tertiary/aromatic N) is 3. The highest BCUT2D eigenvalue weighted by Crippen LogP contribution is 2.18. The normalized spacial score (nSPS) is 22.6. The quantitative estimate of drug-likeness (QED) is 0.741.